The summed E-state index contributed by atoms with van der Waals surface area (Å²) in [6.07, 6.45) is 0. The van der Waals surface area contributed by atoms with Crippen molar-refractivity contribution in [2.24, 2.45) is 0 Å². The monoisotopic (exact) mass is 362 g/mol. The molecular formula is C18H18O8. The molecule has 0 aliphatic heterocycles. The second-order valence-corrected chi connectivity index (χ2v) is 5.05. The zero-order valence-corrected chi connectivity index (χ0v) is 14.2. The fourth-order valence-electron chi connectivity index (χ4n) is 2.04. The molecule has 0 aliphatic carbocycles. The Kier molecular flexibility index (Phi) is 6.26. The van der Waals surface area contributed by atoms with Crippen LogP contribution < -0.4 is 9.47 Å². The number of phenols is 2. The highest BCUT2D eigenvalue weighted by molar-refractivity contribution is 5.91. The first kappa shape index (κ1) is 18.9. The molecule has 2 aromatic rings. The van der Waals surface area contributed by atoms with Gasteiger partial charge < -0.3 is 29.2 Å². The number of carbonyl (C=O) groups is 2. The minimum atomic E-state index is -0.648. The van der Waals surface area contributed by atoms with Crippen molar-refractivity contribution < 1.29 is 38.7 Å². The second kappa shape index (κ2) is 8.61. The zero-order valence-electron chi connectivity index (χ0n) is 14.2. The van der Waals surface area contributed by atoms with E-state index in [-0.39, 0.29) is 47.3 Å². The van der Waals surface area contributed by atoms with Crippen molar-refractivity contribution in [1.82, 2.24) is 0 Å². The van der Waals surface area contributed by atoms with E-state index >= 15 is 0 Å². The third-order valence-electron chi connectivity index (χ3n) is 3.38. The Labute approximate surface area is 149 Å². The highest BCUT2D eigenvalue weighted by Gasteiger charge is 2.13. The van der Waals surface area contributed by atoms with Crippen molar-refractivity contribution in [1.29, 1.82) is 0 Å². The Hall–Kier alpha value is -3.42. The summed E-state index contributed by atoms with van der Waals surface area (Å²) in [6, 6.07) is 8.07. The Morgan fingerprint density at radius 3 is 1.50 bits per heavy atom. The molecule has 0 amide bonds. The number of methoxy groups -OCH3 is 2. The van der Waals surface area contributed by atoms with Crippen LogP contribution in [0, 0.1) is 0 Å². The summed E-state index contributed by atoms with van der Waals surface area (Å²) in [7, 11) is 2.73. The van der Waals surface area contributed by atoms with E-state index < -0.39 is 11.9 Å². The predicted molar refractivity (Wildman–Crippen MR) is 89.9 cm³/mol. The SMILES string of the molecule is COc1cc(C(=O)OCCOC(=O)c2ccc(O)c(OC)c2)ccc1O. The van der Waals surface area contributed by atoms with E-state index in [4.69, 9.17) is 18.9 Å². The van der Waals surface area contributed by atoms with Crippen molar-refractivity contribution in [3.8, 4) is 23.0 Å². The summed E-state index contributed by atoms with van der Waals surface area (Å²) in [4.78, 5) is 23.8. The molecule has 8 nitrogen and oxygen atoms in total. The molecule has 0 aliphatic rings. The second-order valence-electron chi connectivity index (χ2n) is 5.05. The number of rotatable bonds is 7. The zero-order chi connectivity index (χ0) is 19.1. The van der Waals surface area contributed by atoms with E-state index in [0.717, 1.165) is 0 Å². The number of hydrogen-bond acceptors (Lipinski definition) is 8. The molecule has 0 saturated carbocycles. The molecule has 8 heteroatoms. The van der Waals surface area contributed by atoms with Gasteiger partial charge in [-0.1, -0.05) is 0 Å². The number of phenolic OH excluding ortho intramolecular Hbond substituents is 2. The lowest BCUT2D eigenvalue weighted by Gasteiger charge is -2.09. The summed E-state index contributed by atoms with van der Waals surface area (Å²) in [5.41, 5.74) is 0.378. The van der Waals surface area contributed by atoms with E-state index in [1.807, 2.05) is 0 Å². The highest BCUT2D eigenvalue weighted by atomic mass is 16.6. The lowest BCUT2D eigenvalue weighted by atomic mass is 10.2. The topological polar surface area (TPSA) is 112 Å². The highest BCUT2D eigenvalue weighted by Crippen LogP contribution is 2.27. The van der Waals surface area contributed by atoms with Gasteiger partial charge in [-0.05, 0) is 36.4 Å². The fourth-order valence-corrected chi connectivity index (χ4v) is 2.04. The number of hydrogen-bond donors (Lipinski definition) is 2. The summed E-state index contributed by atoms with van der Waals surface area (Å²) in [5.74, 6) is -1.19. The van der Waals surface area contributed by atoms with Crippen molar-refractivity contribution in [2.75, 3.05) is 27.4 Å². The molecule has 26 heavy (non-hydrogen) atoms. The molecule has 0 spiro atoms. The fraction of sp³-hybridized carbons (Fsp3) is 0.222. The minimum absolute atomic E-state index is 0.0951. The van der Waals surface area contributed by atoms with Crippen LogP contribution in [-0.4, -0.2) is 49.6 Å². The molecule has 0 unspecified atom stereocenters. The van der Waals surface area contributed by atoms with Crippen LogP contribution in [0.3, 0.4) is 0 Å². The molecule has 0 heterocycles. The molecule has 0 atom stereocenters. The van der Waals surface area contributed by atoms with Gasteiger partial charge in [0, 0.05) is 0 Å². The first-order valence-electron chi connectivity index (χ1n) is 7.54. The largest absolute Gasteiger partial charge is 0.504 e. The standard InChI is InChI=1S/C18H18O8/c1-23-15-9-11(3-5-13(15)19)17(21)25-7-8-26-18(22)12-4-6-14(20)16(10-12)24-2/h3-6,9-10,19-20H,7-8H2,1-2H3. The van der Waals surface area contributed by atoms with Gasteiger partial charge >= 0.3 is 11.9 Å². The molecule has 0 aromatic heterocycles. The lowest BCUT2D eigenvalue weighted by Crippen LogP contribution is -2.14. The molecule has 0 bridgehead atoms. The van der Waals surface area contributed by atoms with E-state index in [1.54, 1.807) is 0 Å². The Balaban J connectivity index is 1.84. The van der Waals surface area contributed by atoms with Crippen LogP contribution in [0.4, 0.5) is 0 Å². The van der Waals surface area contributed by atoms with Crippen molar-refractivity contribution >= 4 is 11.9 Å². The van der Waals surface area contributed by atoms with E-state index in [0.29, 0.717) is 0 Å². The Morgan fingerprint density at radius 2 is 1.15 bits per heavy atom. The number of esters is 2. The van der Waals surface area contributed by atoms with Crippen LogP contribution in [0.5, 0.6) is 23.0 Å². The van der Waals surface area contributed by atoms with Gasteiger partial charge in [0.25, 0.3) is 0 Å². The molecule has 2 N–H and O–H groups in total. The minimum Gasteiger partial charge on any atom is -0.504 e. The number of ether oxygens (including phenoxy) is 4. The van der Waals surface area contributed by atoms with Gasteiger partial charge in [0.15, 0.2) is 23.0 Å². The summed E-state index contributed by atoms with van der Waals surface area (Å²) < 4.78 is 19.8. The Morgan fingerprint density at radius 1 is 0.769 bits per heavy atom. The van der Waals surface area contributed by atoms with Crippen LogP contribution in [0.25, 0.3) is 0 Å². The molecule has 0 fully saturated rings. The third-order valence-corrected chi connectivity index (χ3v) is 3.38. The third kappa shape index (κ3) is 4.56. The van der Waals surface area contributed by atoms with Crippen molar-refractivity contribution in [3.63, 3.8) is 0 Å². The summed E-state index contributed by atoms with van der Waals surface area (Å²) in [5, 5.41) is 19.0. The summed E-state index contributed by atoms with van der Waals surface area (Å²) in [6.45, 7) is -0.300. The van der Waals surface area contributed by atoms with Gasteiger partial charge in [-0.3, -0.25) is 0 Å². The van der Waals surface area contributed by atoms with Crippen LogP contribution in [0.15, 0.2) is 36.4 Å². The molecule has 2 aromatic carbocycles. The molecule has 138 valence electrons. The summed E-state index contributed by atoms with van der Waals surface area (Å²) >= 11 is 0. The van der Waals surface area contributed by atoms with E-state index in [9.17, 15) is 19.8 Å². The number of benzene rings is 2. The van der Waals surface area contributed by atoms with Crippen molar-refractivity contribution in [2.45, 2.75) is 0 Å². The quantitative estimate of drug-likeness (QED) is 0.569. The van der Waals surface area contributed by atoms with Gasteiger partial charge in [-0.2, -0.15) is 0 Å². The maximum absolute atomic E-state index is 11.9. The molecule has 2 rings (SSSR count). The van der Waals surface area contributed by atoms with Gasteiger partial charge in [0.2, 0.25) is 0 Å². The molecule has 0 radical (unpaired) electrons. The van der Waals surface area contributed by atoms with Gasteiger partial charge in [0.1, 0.15) is 13.2 Å². The Bertz CT molecular complexity index is 732. The first-order valence-corrected chi connectivity index (χ1v) is 7.54. The van der Waals surface area contributed by atoms with Crippen LogP contribution in [-0.2, 0) is 9.47 Å². The number of aromatic hydroxyl groups is 2. The number of carbonyl (C=O) groups excluding carboxylic acids is 2. The predicted octanol–water partition coefficient (Wildman–Crippen LogP) is 2.13. The first-order chi connectivity index (χ1) is 12.5. The normalized spacial score (nSPS) is 10.1. The lowest BCUT2D eigenvalue weighted by molar-refractivity contribution is 0.0265. The van der Waals surface area contributed by atoms with Crippen LogP contribution in [0.1, 0.15) is 20.7 Å². The van der Waals surface area contributed by atoms with Crippen LogP contribution in [0.2, 0.25) is 0 Å². The molecular weight excluding hydrogens is 344 g/mol. The molecule has 0 saturated heterocycles. The van der Waals surface area contributed by atoms with E-state index in [1.165, 1.54) is 50.6 Å². The van der Waals surface area contributed by atoms with Crippen LogP contribution >= 0.6 is 0 Å². The average molecular weight is 362 g/mol. The average Bonchev–Trinajstić information content (AvgIpc) is 2.65. The van der Waals surface area contributed by atoms with Gasteiger partial charge in [-0.15, -0.1) is 0 Å². The van der Waals surface area contributed by atoms with Crippen molar-refractivity contribution in [3.05, 3.63) is 47.5 Å². The maximum atomic E-state index is 11.9. The smallest absolute Gasteiger partial charge is 0.338 e. The van der Waals surface area contributed by atoms with E-state index in [2.05, 4.69) is 0 Å². The van der Waals surface area contributed by atoms with Gasteiger partial charge in [-0.25, -0.2) is 9.59 Å². The maximum Gasteiger partial charge on any atom is 0.338 e. The van der Waals surface area contributed by atoms with Gasteiger partial charge in [0.05, 0.1) is 25.3 Å².